The lowest BCUT2D eigenvalue weighted by Gasteiger charge is -2.22. The maximum absolute atomic E-state index is 12.7. The molecule has 3 aromatic rings. The molecule has 2 aromatic carbocycles. The van der Waals surface area contributed by atoms with Crippen molar-refractivity contribution in [2.24, 2.45) is 0 Å². The van der Waals surface area contributed by atoms with Gasteiger partial charge in [-0.25, -0.2) is 0 Å². The van der Waals surface area contributed by atoms with Gasteiger partial charge in [0.2, 0.25) is 11.7 Å². The molecule has 1 saturated heterocycles. The van der Waals surface area contributed by atoms with Gasteiger partial charge in [-0.2, -0.15) is 4.98 Å². The summed E-state index contributed by atoms with van der Waals surface area (Å²) >= 11 is 6.04. The predicted octanol–water partition coefficient (Wildman–Crippen LogP) is 4.44. The minimum atomic E-state index is -0.228. The van der Waals surface area contributed by atoms with Gasteiger partial charge in [0.1, 0.15) is 11.8 Å². The van der Waals surface area contributed by atoms with E-state index in [0.717, 1.165) is 24.0 Å². The highest BCUT2D eigenvalue weighted by Gasteiger charge is 2.34. The average molecular weight is 398 g/mol. The van der Waals surface area contributed by atoms with Gasteiger partial charge in [-0.15, -0.1) is 0 Å². The van der Waals surface area contributed by atoms with Crippen molar-refractivity contribution in [2.75, 3.05) is 13.2 Å². The van der Waals surface area contributed by atoms with Crippen LogP contribution in [-0.2, 0) is 4.79 Å². The van der Waals surface area contributed by atoms with Crippen LogP contribution in [0.5, 0.6) is 5.75 Å². The van der Waals surface area contributed by atoms with Crippen molar-refractivity contribution in [3.8, 4) is 17.1 Å². The van der Waals surface area contributed by atoms with Crippen molar-refractivity contribution in [2.45, 2.75) is 25.8 Å². The SMILES string of the molecule is Cc1ccccc1OCC(=O)N1CCCC1c1nc(-c2cccc(Cl)c2)no1. The fourth-order valence-electron chi connectivity index (χ4n) is 3.38. The molecular weight excluding hydrogens is 378 g/mol. The predicted molar refractivity (Wildman–Crippen MR) is 105 cm³/mol. The maximum atomic E-state index is 12.7. The highest BCUT2D eigenvalue weighted by molar-refractivity contribution is 6.30. The van der Waals surface area contributed by atoms with Gasteiger partial charge in [-0.1, -0.05) is 47.1 Å². The molecule has 2 heterocycles. The van der Waals surface area contributed by atoms with E-state index in [1.165, 1.54) is 0 Å². The summed E-state index contributed by atoms with van der Waals surface area (Å²) in [6.07, 6.45) is 1.67. The minimum Gasteiger partial charge on any atom is -0.484 e. The number of hydrogen-bond donors (Lipinski definition) is 0. The van der Waals surface area contributed by atoms with Gasteiger partial charge < -0.3 is 14.2 Å². The molecule has 0 aliphatic carbocycles. The minimum absolute atomic E-state index is 0.0172. The zero-order valence-electron chi connectivity index (χ0n) is 15.5. The number of halogens is 1. The van der Waals surface area contributed by atoms with E-state index in [4.69, 9.17) is 20.9 Å². The Bertz CT molecular complexity index is 988. The third kappa shape index (κ3) is 3.87. The highest BCUT2D eigenvalue weighted by Crippen LogP contribution is 2.32. The molecular formula is C21H20ClN3O3. The molecule has 0 spiro atoms. The maximum Gasteiger partial charge on any atom is 0.261 e. The number of ether oxygens (including phenoxy) is 1. The number of aromatic nitrogens is 2. The van der Waals surface area contributed by atoms with E-state index in [1.807, 2.05) is 43.3 Å². The van der Waals surface area contributed by atoms with Crippen LogP contribution < -0.4 is 4.74 Å². The Labute approximate surface area is 168 Å². The first-order valence-electron chi connectivity index (χ1n) is 9.19. The van der Waals surface area contributed by atoms with Crippen molar-refractivity contribution in [1.29, 1.82) is 0 Å². The number of carbonyl (C=O) groups excluding carboxylic acids is 1. The normalized spacial score (nSPS) is 16.4. The van der Waals surface area contributed by atoms with Crippen LogP contribution in [0.25, 0.3) is 11.4 Å². The number of hydrogen-bond acceptors (Lipinski definition) is 5. The molecule has 0 N–H and O–H groups in total. The van der Waals surface area contributed by atoms with Crippen molar-refractivity contribution in [3.63, 3.8) is 0 Å². The summed E-state index contributed by atoms with van der Waals surface area (Å²) < 4.78 is 11.2. The zero-order valence-corrected chi connectivity index (χ0v) is 16.2. The molecule has 1 aromatic heterocycles. The summed E-state index contributed by atoms with van der Waals surface area (Å²) in [7, 11) is 0. The molecule has 6 nitrogen and oxygen atoms in total. The lowest BCUT2D eigenvalue weighted by molar-refractivity contribution is -0.134. The van der Waals surface area contributed by atoms with E-state index in [2.05, 4.69) is 10.1 Å². The van der Waals surface area contributed by atoms with Crippen LogP contribution in [-0.4, -0.2) is 34.1 Å². The average Bonchev–Trinajstić information content (AvgIpc) is 3.36. The van der Waals surface area contributed by atoms with Gasteiger partial charge in [0, 0.05) is 17.1 Å². The number of aryl methyl sites for hydroxylation is 1. The Morgan fingerprint density at radius 1 is 1.29 bits per heavy atom. The van der Waals surface area contributed by atoms with Crippen LogP contribution in [0, 0.1) is 6.92 Å². The number of nitrogens with zero attached hydrogens (tertiary/aromatic N) is 3. The van der Waals surface area contributed by atoms with Crippen molar-refractivity contribution < 1.29 is 14.1 Å². The molecule has 1 aliphatic rings. The molecule has 0 bridgehead atoms. The number of carbonyl (C=O) groups is 1. The Kier molecular flexibility index (Phi) is 5.30. The van der Waals surface area contributed by atoms with Gasteiger partial charge in [0.15, 0.2) is 6.61 Å². The Balaban J connectivity index is 1.46. The smallest absolute Gasteiger partial charge is 0.261 e. The number of para-hydroxylation sites is 1. The van der Waals surface area contributed by atoms with E-state index >= 15 is 0 Å². The molecule has 28 heavy (non-hydrogen) atoms. The van der Waals surface area contributed by atoms with Gasteiger partial charge in [-0.05, 0) is 43.5 Å². The molecule has 1 unspecified atom stereocenters. The number of benzene rings is 2. The fourth-order valence-corrected chi connectivity index (χ4v) is 3.57. The van der Waals surface area contributed by atoms with Crippen LogP contribution in [0.4, 0.5) is 0 Å². The zero-order chi connectivity index (χ0) is 19.5. The van der Waals surface area contributed by atoms with E-state index < -0.39 is 0 Å². The molecule has 1 aliphatic heterocycles. The molecule has 4 rings (SSSR count). The van der Waals surface area contributed by atoms with E-state index in [-0.39, 0.29) is 18.6 Å². The summed E-state index contributed by atoms with van der Waals surface area (Å²) in [6.45, 7) is 2.58. The molecule has 1 fully saturated rings. The van der Waals surface area contributed by atoms with Crippen LogP contribution in [0.15, 0.2) is 53.1 Å². The molecule has 144 valence electrons. The topological polar surface area (TPSA) is 68.5 Å². The third-order valence-electron chi connectivity index (χ3n) is 4.83. The molecule has 7 heteroatoms. The second-order valence-corrected chi connectivity index (χ2v) is 7.20. The van der Waals surface area contributed by atoms with Crippen LogP contribution in [0.1, 0.15) is 30.3 Å². The summed E-state index contributed by atoms with van der Waals surface area (Å²) in [4.78, 5) is 19.0. The quantitative estimate of drug-likeness (QED) is 0.636. The van der Waals surface area contributed by atoms with Crippen molar-refractivity contribution >= 4 is 17.5 Å². The lowest BCUT2D eigenvalue weighted by atomic mass is 10.2. The second-order valence-electron chi connectivity index (χ2n) is 6.77. The number of likely N-dealkylation sites (tertiary alicyclic amines) is 1. The summed E-state index contributed by atoms with van der Waals surface area (Å²) in [5.74, 6) is 1.53. The van der Waals surface area contributed by atoms with Crippen molar-refractivity contribution in [1.82, 2.24) is 15.0 Å². The van der Waals surface area contributed by atoms with Crippen molar-refractivity contribution in [3.05, 3.63) is 65.0 Å². The summed E-state index contributed by atoms with van der Waals surface area (Å²) in [5.41, 5.74) is 1.78. The third-order valence-corrected chi connectivity index (χ3v) is 5.06. The molecule has 1 atom stereocenters. The summed E-state index contributed by atoms with van der Waals surface area (Å²) in [6, 6.07) is 14.7. The van der Waals surface area contributed by atoms with Crippen LogP contribution in [0.2, 0.25) is 5.02 Å². The van der Waals surface area contributed by atoms with E-state index in [0.29, 0.717) is 29.0 Å². The molecule has 1 amide bonds. The van der Waals surface area contributed by atoms with Gasteiger partial charge in [-0.3, -0.25) is 4.79 Å². The van der Waals surface area contributed by atoms with Crippen LogP contribution in [0.3, 0.4) is 0 Å². The Morgan fingerprint density at radius 2 is 2.14 bits per heavy atom. The molecule has 0 saturated carbocycles. The van der Waals surface area contributed by atoms with Gasteiger partial charge in [0.05, 0.1) is 0 Å². The van der Waals surface area contributed by atoms with Gasteiger partial charge in [0.25, 0.3) is 5.91 Å². The first kappa shape index (κ1) is 18.5. The fraction of sp³-hybridized carbons (Fsp3) is 0.286. The number of rotatable bonds is 5. The Morgan fingerprint density at radius 3 is 2.96 bits per heavy atom. The standard InChI is InChI=1S/C21H20ClN3O3/c1-14-6-2-3-10-18(14)27-13-19(26)25-11-5-9-17(25)21-23-20(24-28-21)15-7-4-8-16(22)12-15/h2-4,6-8,10,12,17H,5,9,11,13H2,1H3. The first-order valence-corrected chi connectivity index (χ1v) is 9.57. The first-order chi connectivity index (χ1) is 13.6. The highest BCUT2D eigenvalue weighted by atomic mass is 35.5. The molecule has 0 radical (unpaired) electrons. The summed E-state index contributed by atoms with van der Waals surface area (Å²) in [5, 5.41) is 4.66. The number of amides is 1. The van der Waals surface area contributed by atoms with E-state index in [9.17, 15) is 4.79 Å². The van der Waals surface area contributed by atoms with Crippen LogP contribution >= 0.6 is 11.6 Å². The Hall–Kier alpha value is -2.86. The monoisotopic (exact) mass is 397 g/mol. The van der Waals surface area contributed by atoms with E-state index in [1.54, 1.807) is 17.0 Å². The second kappa shape index (κ2) is 8.02. The lowest BCUT2D eigenvalue weighted by Crippen LogP contribution is -2.34. The van der Waals surface area contributed by atoms with Gasteiger partial charge >= 0.3 is 0 Å². The largest absolute Gasteiger partial charge is 0.484 e.